The Morgan fingerprint density at radius 3 is 2.78 bits per heavy atom. The minimum Gasteiger partial charge on any atom is -0.494 e. The normalized spacial score (nSPS) is 16.1. The van der Waals surface area contributed by atoms with E-state index in [1.807, 2.05) is 12.1 Å². The van der Waals surface area contributed by atoms with Crippen LogP contribution >= 0.6 is 12.4 Å². The second-order valence-corrected chi connectivity index (χ2v) is 4.61. The molecule has 18 heavy (non-hydrogen) atoms. The summed E-state index contributed by atoms with van der Waals surface area (Å²) in [4.78, 5) is 2.50. The topological polar surface area (TPSA) is 24.5 Å². The first-order valence-electron chi connectivity index (χ1n) is 6.47. The zero-order chi connectivity index (χ0) is 11.9. The molecule has 0 saturated carbocycles. The molecule has 1 N–H and O–H groups in total. The Hall–Kier alpha value is -0.770. The molecule has 4 heteroatoms. The van der Waals surface area contributed by atoms with E-state index in [0.717, 1.165) is 38.4 Å². The molecule has 0 atom stereocenters. The van der Waals surface area contributed by atoms with Crippen molar-refractivity contribution in [2.24, 2.45) is 0 Å². The van der Waals surface area contributed by atoms with Crippen molar-refractivity contribution in [1.29, 1.82) is 0 Å². The highest BCUT2D eigenvalue weighted by molar-refractivity contribution is 5.85. The van der Waals surface area contributed by atoms with E-state index in [-0.39, 0.29) is 12.4 Å². The second-order valence-electron chi connectivity index (χ2n) is 4.61. The van der Waals surface area contributed by atoms with Gasteiger partial charge in [0.05, 0.1) is 6.61 Å². The van der Waals surface area contributed by atoms with Crippen molar-refractivity contribution >= 4 is 12.4 Å². The van der Waals surface area contributed by atoms with Gasteiger partial charge in [0.1, 0.15) is 5.75 Å². The van der Waals surface area contributed by atoms with E-state index in [9.17, 15) is 0 Å². The van der Waals surface area contributed by atoms with Crippen LogP contribution in [-0.2, 0) is 0 Å². The van der Waals surface area contributed by atoms with Gasteiger partial charge in [0, 0.05) is 32.7 Å². The quantitative estimate of drug-likeness (QED) is 0.830. The summed E-state index contributed by atoms with van der Waals surface area (Å²) in [7, 11) is 0. The Kier molecular flexibility index (Phi) is 7.09. The summed E-state index contributed by atoms with van der Waals surface area (Å²) in [5.41, 5.74) is 1.25. The van der Waals surface area contributed by atoms with E-state index < -0.39 is 0 Å². The van der Waals surface area contributed by atoms with Gasteiger partial charge < -0.3 is 15.0 Å². The van der Waals surface area contributed by atoms with Crippen LogP contribution in [0.1, 0.15) is 12.0 Å². The number of hydrogen-bond donors (Lipinski definition) is 1. The molecule has 0 bridgehead atoms. The lowest BCUT2D eigenvalue weighted by Gasteiger charge is -2.26. The van der Waals surface area contributed by atoms with Crippen LogP contribution in [0.3, 0.4) is 0 Å². The predicted octanol–water partition coefficient (Wildman–Crippen LogP) is 2.09. The summed E-state index contributed by atoms with van der Waals surface area (Å²) in [6.45, 7) is 8.64. The van der Waals surface area contributed by atoms with E-state index in [0.29, 0.717) is 0 Å². The van der Waals surface area contributed by atoms with E-state index in [2.05, 4.69) is 29.3 Å². The van der Waals surface area contributed by atoms with Crippen molar-refractivity contribution in [2.75, 3.05) is 39.3 Å². The van der Waals surface area contributed by atoms with E-state index in [4.69, 9.17) is 4.74 Å². The molecular formula is C14H23ClN2O. The molecule has 1 aromatic rings. The second kappa shape index (κ2) is 8.35. The van der Waals surface area contributed by atoms with Gasteiger partial charge in [-0.2, -0.15) is 0 Å². The zero-order valence-corrected chi connectivity index (χ0v) is 11.8. The summed E-state index contributed by atoms with van der Waals surface area (Å²) in [5.74, 6) is 0.991. The molecule has 0 amide bonds. The fourth-order valence-corrected chi connectivity index (χ4v) is 2.12. The molecule has 1 aliphatic rings. The van der Waals surface area contributed by atoms with Gasteiger partial charge >= 0.3 is 0 Å². The zero-order valence-electron chi connectivity index (χ0n) is 11.0. The molecule has 102 valence electrons. The average molecular weight is 271 g/mol. The summed E-state index contributed by atoms with van der Waals surface area (Å²) < 4.78 is 5.74. The fourth-order valence-electron chi connectivity index (χ4n) is 2.12. The predicted molar refractivity (Wildman–Crippen MR) is 77.8 cm³/mol. The molecule has 3 nitrogen and oxygen atoms in total. The van der Waals surface area contributed by atoms with Gasteiger partial charge in [-0.1, -0.05) is 12.1 Å². The van der Waals surface area contributed by atoms with Crippen molar-refractivity contribution in [3.63, 3.8) is 0 Å². The molecule has 1 heterocycles. The summed E-state index contributed by atoms with van der Waals surface area (Å²) in [5, 5.41) is 3.36. The summed E-state index contributed by atoms with van der Waals surface area (Å²) >= 11 is 0. The van der Waals surface area contributed by atoms with Crippen molar-refractivity contribution in [3.8, 4) is 5.75 Å². The van der Waals surface area contributed by atoms with Crippen molar-refractivity contribution in [2.45, 2.75) is 13.3 Å². The highest BCUT2D eigenvalue weighted by Crippen LogP contribution is 2.12. The molecule has 0 aliphatic carbocycles. The third kappa shape index (κ3) is 5.25. The lowest BCUT2D eigenvalue weighted by Crippen LogP contribution is -2.43. The smallest absolute Gasteiger partial charge is 0.119 e. The van der Waals surface area contributed by atoms with Crippen molar-refractivity contribution < 1.29 is 4.74 Å². The Morgan fingerprint density at radius 2 is 2.06 bits per heavy atom. The third-order valence-electron chi connectivity index (χ3n) is 3.09. The molecule has 1 fully saturated rings. The largest absolute Gasteiger partial charge is 0.494 e. The SMILES string of the molecule is Cc1cccc(OCCCN2CCNCC2)c1.Cl. The molecule has 2 rings (SSSR count). The minimum atomic E-state index is 0. The van der Waals surface area contributed by atoms with Crippen LogP contribution < -0.4 is 10.1 Å². The lowest BCUT2D eigenvalue weighted by atomic mass is 10.2. The Bertz CT molecular complexity index is 340. The van der Waals surface area contributed by atoms with E-state index in [1.54, 1.807) is 0 Å². The van der Waals surface area contributed by atoms with Crippen LogP contribution in [0.2, 0.25) is 0 Å². The third-order valence-corrected chi connectivity index (χ3v) is 3.09. The van der Waals surface area contributed by atoms with Gasteiger partial charge in [-0.25, -0.2) is 0 Å². The van der Waals surface area contributed by atoms with Crippen LogP contribution in [-0.4, -0.2) is 44.2 Å². The van der Waals surface area contributed by atoms with Gasteiger partial charge in [0.2, 0.25) is 0 Å². The molecule has 0 spiro atoms. The minimum absolute atomic E-state index is 0. The number of ether oxygens (including phenoxy) is 1. The number of aryl methyl sites for hydroxylation is 1. The molecule has 1 saturated heterocycles. The number of benzene rings is 1. The van der Waals surface area contributed by atoms with Crippen LogP contribution in [0.25, 0.3) is 0 Å². The number of piperazine rings is 1. The van der Waals surface area contributed by atoms with Gasteiger partial charge in [0.15, 0.2) is 0 Å². The van der Waals surface area contributed by atoms with Gasteiger partial charge in [-0.3, -0.25) is 0 Å². The van der Waals surface area contributed by atoms with Crippen LogP contribution in [0.5, 0.6) is 5.75 Å². The maximum absolute atomic E-state index is 5.74. The van der Waals surface area contributed by atoms with Crippen LogP contribution in [0, 0.1) is 6.92 Å². The maximum Gasteiger partial charge on any atom is 0.119 e. The Balaban J connectivity index is 0.00000162. The Morgan fingerprint density at radius 1 is 1.28 bits per heavy atom. The average Bonchev–Trinajstić information content (AvgIpc) is 2.36. The first-order valence-corrected chi connectivity index (χ1v) is 6.47. The summed E-state index contributed by atoms with van der Waals surface area (Å²) in [6.07, 6.45) is 1.11. The fraction of sp³-hybridized carbons (Fsp3) is 0.571. The van der Waals surface area contributed by atoms with Crippen molar-refractivity contribution in [1.82, 2.24) is 10.2 Å². The Labute approximate surface area is 116 Å². The van der Waals surface area contributed by atoms with Gasteiger partial charge in [-0.15, -0.1) is 12.4 Å². The van der Waals surface area contributed by atoms with Crippen molar-refractivity contribution in [3.05, 3.63) is 29.8 Å². The molecule has 0 aromatic heterocycles. The number of hydrogen-bond acceptors (Lipinski definition) is 3. The lowest BCUT2D eigenvalue weighted by molar-refractivity contribution is 0.214. The van der Waals surface area contributed by atoms with E-state index >= 15 is 0 Å². The highest BCUT2D eigenvalue weighted by Gasteiger charge is 2.08. The highest BCUT2D eigenvalue weighted by atomic mass is 35.5. The number of nitrogens with zero attached hydrogens (tertiary/aromatic N) is 1. The van der Waals surface area contributed by atoms with E-state index in [1.165, 1.54) is 18.7 Å². The molecule has 0 unspecified atom stereocenters. The summed E-state index contributed by atoms with van der Waals surface area (Å²) in [6, 6.07) is 8.25. The standard InChI is InChI=1S/C14H22N2O.ClH/c1-13-4-2-5-14(12-13)17-11-3-8-16-9-6-15-7-10-16;/h2,4-5,12,15H,3,6-11H2,1H3;1H. The molecule has 1 aliphatic heterocycles. The van der Waals surface area contributed by atoms with Crippen LogP contribution in [0.4, 0.5) is 0 Å². The molecule has 0 radical (unpaired) electrons. The molecule has 1 aromatic carbocycles. The number of halogens is 1. The monoisotopic (exact) mass is 270 g/mol. The number of nitrogens with one attached hydrogen (secondary N) is 1. The first-order chi connectivity index (χ1) is 8.34. The molecular weight excluding hydrogens is 248 g/mol. The number of rotatable bonds is 5. The van der Waals surface area contributed by atoms with Gasteiger partial charge in [-0.05, 0) is 31.0 Å². The maximum atomic E-state index is 5.74. The van der Waals surface area contributed by atoms with Crippen LogP contribution in [0.15, 0.2) is 24.3 Å². The first kappa shape index (κ1) is 15.3. The van der Waals surface area contributed by atoms with Gasteiger partial charge in [0.25, 0.3) is 0 Å².